The summed E-state index contributed by atoms with van der Waals surface area (Å²) in [6.45, 7) is 9.17. The van der Waals surface area contributed by atoms with E-state index in [9.17, 15) is 0 Å². The van der Waals surface area contributed by atoms with E-state index < -0.39 is 0 Å². The highest BCUT2D eigenvalue weighted by Crippen LogP contribution is 2.21. The molecule has 2 heterocycles. The lowest BCUT2D eigenvalue weighted by molar-refractivity contribution is 0.0821. The van der Waals surface area contributed by atoms with Crippen molar-refractivity contribution in [1.82, 2.24) is 10.3 Å². The minimum Gasteiger partial charge on any atom is -0.377 e. The van der Waals surface area contributed by atoms with Gasteiger partial charge in [-0.15, -0.1) is 0 Å². The second kappa shape index (κ2) is 7.46. The van der Waals surface area contributed by atoms with E-state index >= 15 is 0 Å². The van der Waals surface area contributed by atoms with E-state index in [2.05, 4.69) is 35.1 Å². The number of anilines is 1. The second-order valence-corrected chi connectivity index (χ2v) is 5.16. The lowest BCUT2D eigenvalue weighted by Gasteiger charge is -2.26. The van der Waals surface area contributed by atoms with E-state index in [0.717, 1.165) is 45.6 Å². The molecule has 0 saturated carbocycles. The zero-order valence-corrected chi connectivity index (χ0v) is 12.1. The molecular weight excluding hydrogens is 238 g/mol. The summed E-state index contributed by atoms with van der Waals surface area (Å²) in [6, 6.07) is 2.12. The molecular formula is C15H25N3O. The zero-order chi connectivity index (χ0) is 13.5. The van der Waals surface area contributed by atoms with Gasteiger partial charge in [0, 0.05) is 32.4 Å². The number of nitrogens with zero attached hydrogens (tertiary/aromatic N) is 2. The van der Waals surface area contributed by atoms with Crippen molar-refractivity contribution in [1.29, 1.82) is 0 Å². The first-order chi connectivity index (χ1) is 9.31. The Balaban J connectivity index is 2.08. The van der Waals surface area contributed by atoms with Crippen molar-refractivity contribution in [3.8, 4) is 0 Å². The molecule has 1 N–H and O–H groups in total. The molecule has 0 aliphatic carbocycles. The van der Waals surface area contributed by atoms with Crippen LogP contribution >= 0.6 is 0 Å². The van der Waals surface area contributed by atoms with Crippen LogP contribution in [0.3, 0.4) is 0 Å². The Kier molecular flexibility index (Phi) is 5.61. The predicted molar refractivity (Wildman–Crippen MR) is 78.5 cm³/mol. The number of hydrogen-bond donors (Lipinski definition) is 1. The van der Waals surface area contributed by atoms with Gasteiger partial charge in [-0.1, -0.05) is 6.92 Å². The summed E-state index contributed by atoms with van der Waals surface area (Å²) in [6.07, 6.45) is 6.40. The molecule has 1 aliphatic heterocycles. The SMILES string of the molecule is CCCNCc1ccncc1N1CCCOC(C)C1. The molecule has 0 spiro atoms. The maximum absolute atomic E-state index is 5.72. The summed E-state index contributed by atoms with van der Waals surface area (Å²) in [7, 11) is 0. The number of aromatic nitrogens is 1. The summed E-state index contributed by atoms with van der Waals surface area (Å²) in [5.41, 5.74) is 2.58. The van der Waals surface area contributed by atoms with Crippen molar-refractivity contribution in [2.75, 3.05) is 31.1 Å². The van der Waals surface area contributed by atoms with Crippen LogP contribution in [0.2, 0.25) is 0 Å². The van der Waals surface area contributed by atoms with Crippen molar-refractivity contribution in [2.24, 2.45) is 0 Å². The summed E-state index contributed by atoms with van der Waals surface area (Å²) in [5, 5.41) is 3.47. The summed E-state index contributed by atoms with van der Waals surface area (Å²) in [5.74, 6) is 0. The number of pyridine rings is 1. The van der Waals surface area contributed by atoms with Gasteiger partial charge in [-0.3, -0.25) is 4.98 Å². The van der Waals surface area contributed by atoms with Gasteiger partial charge in [0.25, 0.3) is 0 Å². The van der Waals surface area contributed by atoms with E-state index in [1.165, 1.54) is 11.3 Å². The highest BCUT2D eigenvalue weighted by atomic mass is 16.5. The van der Waals surface area contributed by atoms with Crippen LogP contribution in [-0.4, -0.2) is 37.3 Å². The third-order valence-corrected chi connectivity index (χ3v) is 3.42. The molecule has 1 aromatic heterocycles. The second-order valence-electron chi connectivity index (χ2n) is 5.16. The largest absolute Gasteiger partial charge is 0.377 e. The molecule has 106 valence electrons. The molecule has 1 fully saturated rings. The maximum atomic E-state index is 5.72. The van der Waals surface area contributed by atoms with Crippen molar-refractivity contribution in [3.63, 3.8) is 0 Å². The first kappa shape index (κ1) is 14.3. The van der Waals surface area contributed by atoms with Gasteiger partial charge in [0.15, 0.2) is 0 Å². The Morgan fingerprint density at radius 2 is 2.42 bits per heavy atom. The van der Waals surface area contributed by atoms with Crippen LogP contribution in [0.15, 0.2) is 18.5 Å². The first-order valence-corrected chi connectivity index (χ1v) is 7.31. The fraction of sp³-hybridized carbons (Fsp3) is 0.667. The third kappa shape index (κ3) is 4.18. The molecule has 0 amide bonds. The molecule has 1 unspecified atom stereocenters. The monoisotopic (exact) mass is 263 g/mol. The highest BCUT2D eigenvalue weighted by Gasteiger charge is 2.17. The van der Waals surface area contributed by atoms with Crippen LogP contribution < -0.4 is 10.2 Å². The molecule has 1 atom stereocenters. The number of hydrogen-bond acceptors (Lipinski definition) is 4. The molecule has 1 aromatic rings. The van der Waals surface area contributed by atoms with E-state index in [1.54, 1.807) is 0 Å². The lowest BCUT2D eigenvalue weighted by atomic mass is 10.2. The standard InChI is InChI=1S/C15H25N3O/c1-3-6-16-10-14-5-7-17-11-15(14)18-8-4-9-19-13(2)12-18/h5,7,11,13,16H,3-4,6,8-10,12H2,1-2H3. The van der Waals surface area contributed by atoms with Crippen LogP contribution in [0, 0.1) is 0 Å². The van der Waals surface area contributed by atoms with Gasteiger partial charge in [0.1, 0.15) is 0 Å². The van der Waals surface area contributed by atoms with Gasteiger partial charge in [-0.05, 0) is 37.9 Å². The van der Waals surface area contributed by atoms with Crippen molar-refractivity contribution in [3.05, 3.63) is 24.0 Å². The van der Waals surface area contributed by atoms with E-state index in [4.69, 9.17) is 4.74 Å². The van der Waals surface area contributed by atoms with E-state index in [1.807, 2.05) is 12.4 Å². The molecule has 0 aromatic carbocycles. The molecule has 1 saturated heterocycles. The first-order valence-electron chi connectivity index (χ1n) is 7.31. The molecule has 19 heavy (non-hydrogen) atoms. The fourth-order valence-corrected chi connectivity index (χ4v) is 2.46. The predicted octanol–water partition coefficient (Wildman–Crippen LogP) is 2.20. The summed E-state index contributed by atoms with van der Waals surface area (Å²) in [4.78, 5) is 6.70. The maximum Gasteiger partial charge on any atom is 0.0721 e. The number of rotatable bonds is 5. The van der Waals surface area contributed by atoms with Gasteiger partial charge >= 0.3 is 0 Å². The van der Waals surface area contributed by atoms with Crippen LogP contribution in [0.1, 0.15) is 32.3 Å². The van der Waals surface area contributed by atoms with Crippen LogP contribution in [-0.2, 0) is 11.3 Å². The normalized spacial score (nSPS) is 20.3. The molecule has 4 heteroatoms. The van der Waals surface area contributed by atoms with Crippen molar-refractivity contribution in [2.45, 2.75) is 39.3 Å². The quantitative estimate of drug-likeness (QED) is 0.826. The lowest BCUT2D eigenvalue weighted by Crippen LogP contribution is -2.31. The topological polar surface area (TPSA) is 37.4 Å². The zero-order valence-electron chi connectivity index (χ0n) is 12.1. The third-order valence-electron chi connectivity index (χ3n) is 3.42. The Bertz CT molecular complexity index is 383. The molecule has 0 bridgehead atoms. The molecule has 2 rings (SSSR count). The molecule has 1 aliphatic rings. The Hall–Kier alpha value is -1.13. The highest BCUT2D eigenvalue weighted by molar-refractivity contribution is 5.51. The van der Waals surface area contributed by atoms with Crippen molar-refractivity contribution < 1.29 is 4.74 Å². The fourth-order valence-electron chi connectivity index (χ4n) is 2.46. The molecule has 0 radical (unpaired) electrons. The summed E-state index contributed by atoms with van der Waals surface area (Å²) >= 11 is 0. The molecule has 4 nitrogen and oxygen atoms in total. The number of ether oxygens (including phenoxy) is 1. The van der Waals surface area contributed by atoms with Gasteiger partial charge in [-0.2, -0.15) is 0 Å². The average molecular weight is 263 g/mol. The van der Waals surface area contributed by atoms with Gasteiger partial charge in [0.05, 0.1) is 18.0 Å². The van der Waals surface area contributed by atoms with Gasteiger partial charge in [-0.25, -0.2) is 0 Å². The van der Waals surface area contributed by atoms with Gasteiger partial charge in [0.2, 0.25) is 0 Å². The van der Waals surface area contributed by atoms with Crippen molar-refractivity contribution >= 4 is 5.69 Å². The van der Waals surface area contributed by atoms with Gasteiger partial charge < -0.3 is 15.0 Å². The number of nitrogens with one attached hydrogen (secondary N) is 1. The van der Waals surface area contributed by atoms with E-state index in [0.29, 0.717) is 6.10 Å². The smallest absolute Gasteiger partial charge is 0.0721 e. The van der Waals surface area contributed by atoms with Crippen LogP contribution in [0.25, 0.3) is 0 Å². The average Bonchev–Trinajstić information content (AvgIpc) is 2.64. The summed E-state index contributed by atoms with van der Waals surface area (Å²) < 4.78 is 5.72. The van der Waals surface area contributed by atoms with E-state index in [-0.39, 0.29) is 0 Å². The Morgan fingerprint density at radius 1 is 1.53 bits per heavy atom. The minimum absolute atomic E-state index is 0.291. The Labute approximate surface area is 116 Å². The van der Waals surface area contributed by atoms with Crippen LogP contribution in [0.4, 0.5) is 5.69 Å². The van der Waals surface area contributed by atoms with Crippen LogP contribution in [0.5, 0.6) is 0 Å². The minimum atomic E-state index is 0.291. The Morgan fingerprint density at radius 3 is 3.26 bits per heavy atom.